The Kier molecular flexibility index (Phi) is 2.41. The molecular weight excluding hydrogens is 244 g/mol. The van der Waals surface area contributed by atoms with Crippen LogP contribution in [0.2, 0.25) is 0 Å². The van der Waals surface area contributed by atoms with E-state index >= 15 is 0 Å². The number of hydrogen-bond acceptors (Lipinski definition) is 3. The summed E-state index contributed by atoms with van der Waals surface area (Å²) in [6.07, 6.45) is 0. The second kappa shape index (κ2) is 3.98. The minimum Gasteiger partial charge on any atom is -0.496 e. The number of aryl methyl sites for hydroxylation is 1. The predicted molar refractivity (Wildman–Crippen MR) is 73.7 cm³/mol. The lowest BCUT2D eigenvalue weighted by Crippen LogP contribution is -1.87. The summed E-state index contributed by atoms with van der Waals surface area (Å²) in [5.74, 6) is 0.800. The molecule has 0 bridgehead atoms. The molecule has 0 radical (unpaired) electrons. The van der Waals surface area contributed by atoms with E-state index in [0.29, 0.717) is 0 Å². The van der Waals surface area contributed by atoms with Gasteiger partial charge < -0.3 is 9.72 Å². The third-order valence-corrected chi connectivity index (χ3v) is 3.31. The molecule has 0 saturated carbocycles. The SMILES string of the molecule is COc1cc2[nH]c3ccc([N+](=O)[O-])cc3c2cc1C. The van der Waals surface area contributed by atoms with Crippen molar-refractivity contribution in [1.82, 2.24) is 4.98 Å². The minimum atomic E-state index is -0.380. The number of non-ortho nitro benzene ring substituents is 1. The summed E-state index contributed by atoms with van der Waals surface area (Å²) >= 11 is 0. The maximum Gasteiger partial charge on any atom is 0.270 e. The Labute approximate surface area is 109 Å². The van der Waals surface area contributed by atoms with Gasteiger partial charge in [-0.3, -0.25) is 10.1 Å². The van der Waals surface area contributed by atoms with Crippen LogP contribution in [0.25, 0.3) is 21.8 Å². The lowest BCUT2D eigenvalue weighted by molar-refractivity contribution is -0.384. The van der Waals surface area contributed by atoms with E-state index in [1.54, 1.807) is 19.2 Å². The van der Waals surface area contributed by atoms with Gasteiger partial charge in [0.15, 0.2) is 0 Å². The highest BCUT2D eigenvalue weighted by Gasteiger charge is 2.12. The van der Waals surface area contributed by atoms with Gasteiger partial charge in [0.1, 0.15) is 5.75 Å². The summed E-state index contributed by atoms with van der Waals surface area (Å²) in [5, 5.41) is 12.7. The first-order valence-electron chi connectivity index (χ1n) is 5.84. The molecule has 96 valence electrons. The van der Waals surface area contributed by atoms with Gasteiger partial charge in [-0.05, 0) is 24.6 Å². The first-order chi connectivity index (χ1) is 9.10. The van der Waals surface area contributed by atoms with Crippen molar-refractivity contribution in [1.29, 1.82) is 0 Å². The molecule has 3 aromatic rings. The first kappa shape index (κ1) is 11.5. The zero-order valence-electron chi connectivity index (χ0n) is 10.6. The predicted octanol–water partition coefficient (Wildman–Crippen LogP) is 3.55. The molecule has 0 amide bonds. The highest BCUT2D eigenvalue weighted by molar-refractivity contribution is 6.08. The van der Waals surface area contributed by atoms with Crippen molar-refractivity contribution in [3.8, 4) is 5.75 Å². The minimum absolute atomic E-state index is 0.0990. The fraction of sp³-hybridized carbons (Fsp3) is 0.143. The van der Waals surface area contributed by atoms with Gasteiger partial charge in [-0.25, -0.2) is 0 Å². The van der Waals surface area contributed by atoms with Gasteiger partial charge in [0.05, 0.1) is 17.5 Å². The van der Waals surface area contributed by atoms with Gasteiger partial charge in [0.25, 0.3) is 5.69 Å². The van der Waals surface area contributed by atoms with E-state index in [1.165, 1.54) is 6.07 Å². The fourth-order valence-corrected chi connectivity index (χ4v) is 2.36. The van der Waals surface area contributed by atoms with Gasteiger partial charge in [-0.1, -0.05) is 0 Å². The molecule has 0 atom stereocenters. The molecule has 5 heteroatoms. The normalized spacial score (nSPS) is 11.1. The number of rotatable bonds is 2. The highest BCUT2D eigenvalue weighted by atomic mass is 16.6. The van der Waals surface area contributed by atoms with Crippen LogP contribution in [0.3, 0.4) is 0 Å². The quantitative estimate of drug-likeness (QED) is 0.563. The fourth-order valence-electron chi connectivity index (χ4n) is 2.36. The van der Waals surface area contributed by atoms with Crippen molar-refractivity contribution in [2.45, 2.75) is 6.92 Å². The smallest absolute Gasteiger partial charge is 0.270 e. The van der Waals surface area contributed by atoms with Gasteiger partial charge >= 0.3 is 0 Å². The maximum absolute atomic E-state index is 10.8. The van der Waals surface area contributed by atoms with Gasteiger partial charge in [-0.2, -0.15) is 0 Å². The highest BCUT2D eigenvalue weighted by Crippen LogP contribution is 2.32. The number of hydrogen-bond donors (Lipinski definition) is 1. The average molecular weight is 256 g/mol. The maximum atomic E-state index is 10.8. The number of methoxy groups -OCH3 is 1. The van der Waals surface area contributed by atoms with Gasteiger partial charge in [0, 0.05) is 34.5 Å². The van der Waals surface area contributed by atoms with E-state index in [0.717, 1.165) is 33.1 Å². The van der Waals surface area contributed by atoms with E-state index in [4.69, 9.17) is 4.74 Å². The van der Waals surface area contributed by atoms with Crippen molar-refractivity contribution in [3.05, 3.63) is 46.0 Å². The summed E-state index contributed by atoms with van der Waals surface area (Å²) in [7, 11) is 1.63. The number of benzene rings is 2. The molecule has 0 saturated heterocycles. The number of nitro benzene ring substituents is 1. The van der Waals surface area contributed by atoms with E-state index in [1.807, 2.05) is 19.1 Å². The summed E-state index contributed by atoms with van der Waals surface area (Å²) in [5.41, 5.74) is 2.90. The third-order valence-electron chi connectivity index (χ3n) is 3.31. The molecule has 0 aliphatic carbocycles. The van der Waals surface area contributed by atoms with Crippen LogP contribution in [0.15, 0.2) is 30.3 Å². The first-order valence-corrected chi connectivity index (χ1v) is 5.84. The summed E-state index contributed by atoms with van der Waals surface area (Å²) in [6.45, 7) is 1.95. The topological polar surface area (TPSA) is 68.2 Å². The number of nitro groups is 1. The van der Waals surface area contributed by atoms with Crippen LogP contribution in [-0.4, -0.2) is 17.0 Å². The van der Waals surface area contributed by atoms with Crippen LogP contribution in [0, 0.1) is 17.0 Å². The Morgan fingerprint density at radius 1 is 1.16 bits per heavy atom. The summed E-state index contributed by atoms with van der Waals surface area (Å²) in [4.78, 5) is 13.7. The Morgan fingerprint density at radius 3 is 2.58 bits per heavy atom. The van der Waals surface area contributed by atoms with Gasteiger partial charge in [-0.15, -0.1) is 0 Å². The van der Waals surface area contributed by atoms with Crippen molar-refractivity contribution in [2.24, 2.45) is 0 Å². The second-order valence-corrected chi connectivity index (χ2v) is 4.48. The molecule has 0 aliphatic rings. The monoisotopic (exact) mass is 256 g/mol. The second-order valence-electron chi connectivity index (χ2n) is 4.48. The average Bonchev–Trinajstić information content (AvgIpc) is 2.74. The van der Waals surface area contributed by atoms with E-state index in [9.17, 15) is 10.1 Å². The van der Waals surface area contributed by atoms with E-state index < -0.39 is 0 Å². The zero-order valence-corrected chi connectivity index (χ0v) is 10.6. The molecule has 0 unspecified atom stereocenters. The number of aromatic nitrogens is 1. The lowest BCUT2D eigenvalue weighted by atomic mass is 10.1. The van der Waals surface area contributed by atoms with Crippen LogP contribution in [0.5, 0.6) is 5.75 Å². The Balaban J connectivity index is 2.38. The molecule has 5 nitrogen and oxygen atoms in total. The van der Waals surface area contributed by atoms with E-state index in [2.05, 4.69) is 4.98 Å². The molecule has 2 aromatic carbocycles. The molecular formula is C14H12N2O3. The molecule has 19 heavy (non-hydrogen) atoms. The molecule has 1 N–H and O–H groups in total. The van der Waals surface area contributed by atoms with Crippen LogP contribution in [0.1, 0.15) is 5.56 Å². The number of aromatic amines is 1. The van der Waals surface area contributed by atoms with Gasteiger partial charge in [0.2, 0.25) is 0 Å². The van der Waals surface area contributed by atoms with Crippen LogP contribution in [0.4, 0.5) is 5.69 Å². The van der Waals surface area contributed by atoms with Crippen LogP contribution < -0.4 is 4.74 Å². The largest absolute Gasteiger partial charge is 0.496 e. The van der Waals surface area contributed by atoms with Crippen molar-refractivity contribution in [3.63, 3.8) is 0 Å². The number of nitrogens with zero attached hydrogens (tertiary/aromatic N) is 1. The number of H-pyrrole nitrogens is 1. The Hall–Kier alpha value is -2.56. The van der Waals surface area contributed by atoms with E-state index in [-0.39, 0.29) is 10.6 Å². The Bertz CT molecular complexity index is 805. The van der Waals surface area contributed by atoms with Crippen molar-refractivity contribution >= 4 is 27.5 Å². The zero-order chi connectivity index (χ0) is 13.6. The molecule has 0 aliphatic heterocycles. The molecule has 3 rings (SSSR count). The molecule has 1 aromatic heterocycles. The van der Waals surface area contributed by atoms with Crippen molar-refractivity contribution in [2.75, 3.05) is 7.11 Å². The molecule has 0 fully saturated rings. The summed E-state index contributed by atoms with van der Waals surface area (Å²) in [6, 6.07) is 8.73. The molecule has 1 heterocycles. The summed E-state index contributed by atoms with van der Waals surface area (Å²) < 4.78 is 5.28. The number of ether oxygens (including phenoxy) is 1. The number of fused-ring (bicyclic) bond motifs is 3. The standard InChI is InChI=1S/C14H12N2O3/c1-8-5-10-11-6-9(16(17)18)3-4-12(11)15-13(10)7-14(8)19-2/h3-7,15H,1-2H3. The van der Waals surface area contributed by atoms with Crippen LogP contribution in [-0.2, 0) is 0 Å². The van der Waals surface area contributed by atoms with Crippen molar-refractivity contribution < 1.29 is 9.66 Å². The number of nitrogens with one attached hydrogen (secondary N) is 1. The third kappa shape index (κ3) is 1.71. The van der Waals surface area contributed by atoms with Crippen LogP contribution >= 0.6 is 0 Å². The lowest BCUT2D eigenvalue weighted by Gasteiger charge is -2.03. The Morgan fingerprint density at radius 2 is 1.89 bits per heavy atom. The molecule has 0 spiro atoms.